The highest BCUT2D eigenvalue weighted by Crippen LogP contribution is 2.38. The first-order valence-corrected chi connectivity index (χ1v) is 6.31. The second-order valence-corrected chi connectivity index (χ2v) is 5.60. The van der Waals surface area contributed by atoms with Crippen LogP contribution in [0.25, 0.3) is 0 Å². The van der Waals surface area contributed by atoms with Crippen molar-refractivity contribution in [3.8, 4) is 0 Å². The minimum absolute atomic E-state index is 0.264. The summed E-state index contributed by atoms with van der Waals surface area (Å²) in [6.45, 7) is 0.264. The van der Waals surface area contributed by atoms with E-state index in [-0.39, 0.29) is 6.54 Å². The molecule has 0 aromatic heterocycles. The predicted octanol–water partition coefficient (Wildman–Crippen LogP) is 2.33. The number of benzene rings is 1. The van der Waals surface area contributed by atoms with Crippen molar-refractivity contribution in [1.82, 2.24) is 0 Å². The lowest BCUT2D eigenvalue weighted by Gasteiger charge is -2.31. The van der Waals surface area contributed by atoms with Crippen molar-refractivity contribution in [1.29, 1.82) is 0 Å². The number of aliphatic hydroxyl groups is 1. The van der Waals surface area contributed by atoms with Crippen molar-refractivity contribution in [2.45, 2.75) is 16.9 Å². The SMILES string of the molecule is NCC1(O)CSc2cc(Cl)c(Cl)cc2C1. The van der Waals surface area contributed by atoms with E-state index in [0.29, 0.717) is 22.2 Å². The maximum Gasteiger partial charge on any atom is 0.0903 e. The van der Waals surface area contributed by atoms with Crippen molar-refractivity contribution in [2.24, 2.45) is 5.73 Å². The van der Waals surface area contributed by atoms with E-state index in [2.05, 4.69) is 0 Å². The molecule has 0 radical (unpaired) electrons. The monoisotopic (exact) mass is 263 g/mol. The third-order valence-corrected chi connectivity index (χ3v) is 4.59. The molecule has 0 fully saturated rings. The zero-order chi connectivity index (χ0) is 11.1. The molecule has 3 N–H and O–H groups in total. The zero-order valence-electron chi connectivity index (χ0n) is 7.96. The summed E-state index contributed by atoms with van der Waals surface area (Å²) in [5.74, 6) is 0.606. The van der Waals surface area contributed by atoms with Gasteiger partial charge in [-0.15, -0.1) is 11.8 Å². The van der Waals surface area contributed by atoms with Gasteiger partial charge >= 0.3 is 0 Å². The Morgan fingerprint density at radius 2 is 2.07 bits per heavy atom. The number of hydrogen-bond donors (Lipinski definition) is 2. The Morgan fingerprint density at radius 3 is 2.73 bits per heavy atom. The third-order valence-electron chi connectivity index (χ3n) is 2.50. The summed E-state index contributed by atoms with van der Waals surface area (Å²) in [7, 11) is 0. The first-order valence-electron chi connectivity index (χ1n) is 4.57. The molecule has 5 heteroatoms. The molecule has 1 aliphatic rings. The van der Waals surface area contributed by atoms with E-state index >= 15 is 0 Å². The molecule has 0 saturated heterocycles. The molecule has 82 valence electrons. The van der Waals surface area contributed by atoms with E-state index in [4.69, 9.17) is 28.9 Å². The first kappa shape index (κ1) is 11.6. The van der Waals surface area contributed by atoms with Gasteiger partial charge in [0.15, 0.2) is 0 Å². The van der Waals surface area contributed by atoms with Crippen LogP contribution < -0.4 is 5.73 Å². The Labute approximate surface area is 103 Å². The van der Waals surface area contributed by atoms with Crippen LogP contribution in [0, 0.1) is 0 Å². The van der Waals surface area contributed by atoms with Gasteiger partial charge in [0.2, 0.25) is 0 Å². The van der Waals surface area contributed by atoms with Crippen LogP contribution in [0.4, 0.5) is 0 Å². The maximum atomic E-state index is 10.1. The number of rotatable bonds is 1. The van der Waals surface area contributed by atoms with E-state index in [0.717, 1.165) is 10.5 Å². The first-order chi connectivity index (χ1) is 7.04. The van der Waals surface area contributed by atoms with Gasteiger partial charge in [-0.25, -0.2) is 0 Å². The Bertz CT molecular complexity index is 399. The summed E-state index contributed by atoms with van der Waals surface area (Å²) in [6.07, 6.45) is 0.544. The maximum absolute atomic E-state index is 10.1. The Kier molecular flexibility index (Phi) is 3.20. The number of fused-ring (bicyclic) bond motifs is 1. The molecule has 2 nitrogen and oxygen atoms in total. The van der Waals surface area contributed by atoms with Gasteiger partial charge < -0.3 is 10.8 Å². The summed E-state index contributed by atoms with van der Waals surface area (Å²) in [5.41, 5.74) is 5.75. The summed E-state index contributed by atoms with van der Waals surface area (Å²) >= 11 is 13.4. The summed E-state index contributed by atoms with van der Waals surface area (Å²) in [6, 6.07) is 3.66. The highest BCUT2D eigenvalue weighted by Gasteiger charge is 2.31. The molecule has 1 atom stereocenters. The topological polar surface area (TPSA) is 46.2 Å². The lowest BCUT2D eigenvalue weighted by molar-refractivity contribution is 0.0723. The van der Waals surface area contributed by atoms with Crippen molar-refractivity contribution < 1.29 is 5.11 Å². The second kappa shape index (κ2) is 4.15. The standard InChI is InChI=1S/C10H11Cl2NOS/c11-7-1-6-3-10(14,4-13)5-15-9(6)2-8(7)12/h1-2,14H,3-5,13H2. The van der Waals surface area contributed by atoms with Gasteiger partial charge in [0, 0.05) is 23.6 Å². The molecule has 1 aromatic carbocycles. The Morgan fingerprint density at radius 1 is 1.40 bits per heavy atom. The predicted molar refractivity (Wildman–Crippen MR) is 64.9 cm³/mol. The average molecular weight is 264 g/mol. The second-order valence-electron chi connectivity index (χ2n) is 3.77. The lowest BCUT2D eigenvalue weighted by Crippen LogP contribution is -2.44. The molecule has 0 aliphatic carbocycles. The smallest absolute Gasteiger partial charge is 0.0903 e. The number of hydrogen-bond acceptors (Lipinski definition) is 3. The molecular formula is C10H11Cl2NOS. The number of nitrogens with two attached hydrogens (primary N) is 1. The van der Waals surface area contributed by atoms with Gasteiger partial charge in [-0.05, 0) is 17.7 Å². The minimum Gasteiger partial charge on any atom is -0.387 e. The molecule has 0 amide bonds. The summed E-state index contributed by atoms with van der Waals surface area (Å²) in [4.78, 5) is 1.09. The van der Waals surface area contributed by atoms with Crippen LogP contribution in [-0.2, 0) is 6.42 Å². The van der Waals surface area contributed by atoms with Crippen LogP contribution in [0.3, 0.4) is 0 Å². The normalized spacial score (nSPS) is 25.1. The molecule has 1 heterocycles. The van der Waals surface area contributed by atoms with Crippen LogP contribution in [-0.4, -0.2) is 23.0 Å². The van der Waals surface area contributed by atoms with Crippen LogP contribution >= 0.6 is 35.0 Å². The van der Waals surface area contributed by atoms with E-state index < -0.39 is 5.60 Å². The largest absolute Gasteiger partial charge is 0.387 e. The van der Waals surface area contributed by atoms with E-state index in [9.17, 15) is 5.11 Å². The van der Waals surface area contributed by atoms with Crippen LogP contribution in [0.1, 0.15) is 5.56 Å². The molecule has 1 unspecified atom stereocenters. The molecule has 1 aliphatic heterocycles. The fourth-order valence-electron chi connectivity index (χ4n) is 1.59. The van der Waals surface area contributed by atoms with Gasteiger partial charge in [-0.3, -0.25) is 0 Å². The van der Waals surface area contributed by atoms with Crippen LogP contribution in [0.2, 0.25) is 10.0 Å². The number of halogens is 2. The minimum atomic E-state index is -0.811. The molecule has 0 saturated carbocycles. The van der Waals surface area contributed by atoms with E-state index in [1.807, 2.05) is 12.1 Å². The fraction of sp³-hybridized carbons (Fsp3) is 0.400. The highest BCUT2D eigenvalue weighted by molar-refractivity contribution is 7.99. The van der Waals surface area contributed by atoms with Crippen LogP contribution in [0.15, 0.2) is 17.0 Å². The van der Waals surface area contributed by atoms with E-state index in [1.165, 1.54) is 0 Å². The molecule has 15 heavy (non-hydrogen) atoms. The van der Waals surface area contributed by atoms with E-state index in [1.54, 1.807) is 11.8 Å². The average Bonchev–Trinajstić information content (AvgIpc) is 2.21. The number of thioether (sulfide) groups is 1. The quantitative estimate of drug-likeness (QED) is 0.818. The van der Waals surface area contributed by atoms with Gasteiger partial charge in [0.05, 0.1) is 15.6 Å². The molecule has 2 rings (SSSR count). The molecular weight excluding hydrogens is 253 g/mol. The zero-order valence-corrected chi connectivity index (χ0v) is 10.3. The Hall–Kier alpha value is 0.0700. The van der Waals surface area contributed by atoms with Crippen molar-refractivity contribution >= 4 is 35.0 Å². The van der Waals surface area contributed by atoms with Gasteiger partial charge in [0.1, 0.15) is 0 Å². The van der Waals surface area contributed by atoms with Crippen molar-refractivity contribution in [3.63, 3.8) is 0 Å². The molecule has 0 spiro atoms. The third kappa shape index (κ3) is 2.27. The summed E-state index contributed by atoms with van der Waals surface area (Å²) in [5, 5.41) is 11.1. The highest BCUT2D eigenvalue weighted by atomic mass is 35.5. The summed E-state index contributed by atoms with van der Waals surface area (Å²) < 4.78 is 0. The lowest BCUT2D eigenvalue weighted by atomic mass is 9.96. The van der Waals surface area contributed by atoms with Crippen LogP contribution in [0.5, 0.6) is 0 Å². The molecule has 1 aromatic rings. The Balaban J connectivity index is 2.38. The molecule has 0 bridgehead atoms. The van der Waals surface area contributed by atoms with Gasteiger partial charge in [0.25, 0.3) is 0 Å². The fourth-order valence-corrected chi connectivity index (χ4v) is 3.17. The van der Waals surface area contributed by atoms with Crippen molar-refractivity contribution in [2.75, 3.05) is 12.3 Å². The van der Waals surface area contributed by atoms with Gasteiger partial charge in [-0.1, -0.05) is 23.2 Å². The van der Waals surface area contributed by atoms with Crippen molar-refractivity contribution in [3.05, 3.63) is 27.7 Å². The van der Waals surface area contributed by atoms with Gasteiger partial charge in [-0.2, -0.15) is 0 Å².